The zero-order valence-corrected chi connectivity index (χ0v) is 10.7. The van der Waals surface area contributed by atoms with Gasteiger partial charge >= 0.3 is 0 Å². The summed E-state index contributed by atoms with van der Waals surface area (Å²) >= 11 is 0. The Hall–Kier alpha value is -0.860. The molecule has 0 bridgehead atoms. The zero-order valence-electron chi connectivity index (χ0n) is 10.7. The molecular formula is C13H23NO2. The number of amides is 1. The van der Waals surface area contributed by atoms with E-state index in [1.54, 1.807) is 0 Å². The van der Waals surface area contributed by atoms with Crippen LogP contribution >= 0.6 is 0 Å². The van der Waals surface area contributed by atoms with Gasteiger partial charge in [-0.3, -0.25) is 4.79 Å². The first-order valence-electron chi connectivity index (χ1n) is 6.18. The fourth-order valence-corrected chi connectivity index (χ4v) is 2.02. The van der Waals surface area contributed by atoms with Gasteiger partial charge in [0.1, 0.15) is 6.29 Å². The van der Waals surface area contributed by atoms with Crippen molar-refractivity contribution in [2.24, 2.45) is 11.3 Å². The Morgan fingerprint density at radius 3 is 2.25 bits per heavy atom. The maximum Gasteiger partial charge on any atom is 0.223 e. The molecule has 0 spiro atoms. The number of likely N-dealkylation sites (tertiary alicyclic amines) is 1. The number of piperidine rings is 1. The van der Waals surface area contributed by atoms with E-state index in [-0.39, 0.29) is 17.2 Å². The molecule has 1 saturated heterocycles. The molecule has 1 rings (SSSR count). The maximum atomic E-state index is 12.0. The van der Waals surface area contributed by atoms with Gasteiger partial charge in [0, 0.05) is 25.4 Å². The Balaban J connectivity index is 2.51. The third-order valence-electron chi connectivity index (χ3n) is 3.38. The molecule has 1 heterocycles. The zero-order chi connectivity index (χ0) is 12.2. The van der Waals surface area contributed by atoms with Gasteiger partial charge in [0.15, 0.2) is 0 Å². The molecule has 1 aliphatic heterocycles. The number of carbonyl (C=O) groups excluding carboxylic acids is 2. The number of rotatable bonds is 3. The van der Waals surface area contributed by atoms with Gasteiger partial charge < -0.3 is 9.69 Å². The molecule has 0 aromatic heterocycles. The van der Waals surface area contributed by atoms with Crippen molar-refractivity contribution in [3.05, 3.63) is 0 Å². The first-order chi connectivity index (χ1) is 7.45. The van der Waals surface area contributed by atoms with Crippen molar-refractivity contribution in [2.45, 2.75) is 46.5 Å². The second-order valence-electron chi connectivity index (χ2n) is 5.75. The van der Waals surface area contributed by atoms with E-state index in [0.29, 0.717) is 6.42 Å². The Bertz CT molecular complexity index is 249. The van der Waals surface area contributed by atoms with Crippen LogP contribution in [0, 0.1) is 11.3 Å². The minimum atomic E-state index is -0.165. The van der Waals surface area contributed by atoms with Gasteiger partial charge in [0.05, 0.1) is 0 Å². The van der Waals surface area contributed by atoms with E-state index < -0.39 is 0 Å². The van der Waals surface area contributed by atoms with Crippen LogP contribution in [0.15, 0.2) is 0 Å². The molecule has 0 aliphatic carbocycles. The molecule has 0 aromatic carbocycles. The molecule has 1 fully saturated rings. The van der Waals surface area contributed by atoms with Gasteiger partial charge in [-0.15, -0.1) is 0 Å². The average molecular weight is 225 g/mol. The number of hydrogen-bond acceptors (Lipinski definition) is 2. The first kappa shape index (κ1) is 13.2. The van der Waals surface area contributed by atoms with Crippen molar-refractivity contribution in [3.8, 4) is 0 Å². The predicted octanol–water partition coefficient (Wildman–Crippen LogP) is 2.25. The van der Waals surface area contributed by atoms with Crippen LogP contribution in [0.3, 0.4) is 0 Å². The van der Waals surface area contributed by atoms with Crippen LogP contribution in [0.1, 0.15) is 46.5 Å². The summed E-state index contributed by atoms with van der Waals surface area (Å²) in [5, 5.41) is 0. The van der Waals surface area contributed by atoms with Gasteiger partial charge in [0.2, 0.25) is 5.91 Å². The number of aldehydes is 1. The molecular weight excluding hydrogens is 202 g/mol. The van der Waals surface area contributed by atoms with Crippen molar-refractivity contribution in [1.82, 2.24) is 4.90 Å². The molecule has 0 aromatic rings. The quantitative estimate of drug-likeness (QED) is 0.691. The molecule has 0 saturated carbocycles. The second kappa shape index (κ2) is 5.46. The normalized spacial score (nSPS) is 19.3. The minimum absolute atomic E-state index is 0.118. The van der Waals surface area contributed by atoms with E-state index in [4.69, 9.17) is 0 Å². The van der Waals surface area contributed by atoms with Gasteiger partial charge in [-0.2, -0.15) is 0 Å². The summed E-state index contributed by atoms with van der Waals surface area (Å²) in [6.45, 7) is 7.77. The summed E-state index contributed by atoms with van der Waals surface area (Å²) in [4.78, 5) is 24.9. The second-order valence-corrected chi connectivity index (χ2v) is 5.75. The Labute approximate surface area is 98.2 Å². The van der Waals surface area contributed by atoms with Crippen LogP contribution in [0.2, 0.25) is 0 Å². The molecule has 16 heavy (non-hydrogen) atoms. The lowest BCUT2D eigenvalue weighted by molar-refractivity contribution is -0.135. The van der Waals surface area contributed by atoms with Crippen LogP contribution in [0.25, 0.3) is 0 Å². The summed E-state index contributed by atoms with van der Waals surface area (Å²) < 4.78 is 0. The summed E-state index contributed by atoms with van der Waals surface area (Å²) in [5.74, 6) is -0.0198. The predicted molar refractivity (Wildman–Crippen MR) is 64.1 cm³/mol. The smallest absolute Gasteiger partial charge is 0.223 e. The van der Waals surface area contributed by atoms with Gasteiger partial charge in [-0.05, 0) is 24.7 Å². The third-order valence-corrected chi connectivity index (χ3v) is 3.38. The van der Waals surface area contributed by atoms with Crippen LogP contribution in [-0.2, 0) is 9.59 Å². The van der Waals surface area contributed by atoms with E-state index in [1.807, 2.05) is 25.7 Å². The lowest BCUT2D eigenvalue weighted by atomic mass is 9.79. The van der Waals surface area contributed by atoms with E-state index in [9.17, 15) is 9.59 Å². The number of nitrogens with zero attached hydrogens (tertiary/aromatic N) is 1. The van der Waals surface area contributed by atoms with E-state index in [2.05, 4.69) is 0 Å². The largest absolute Gasteiger partial charge is 0.343 e. The number of hydrogen-bond donors (Lipinski definition) is 0. The molecule has 1 atom stereocenters. The van der Waals surface area contributed by atoms with Crippen LogP contribution in [0.4, 0.5) is 0 Å². The van der Waals surface area contributed by atoms with Crippen molar-refractivity contribution in [3.63, 3.8) is 0 Å². The third kappa shape index (κ3) is 3.62. The van der Waals surface area contributed by atoms with Crippen molar-refractivity contribution in [1.29, 1.82) is 0 Å². The first-order valence-corrected chi connectivity index (χ1v) is 6.18. The van der Waals surface area contributed by atoms with Crippen molar-refractivity contribution >= 4 is 12.2 Å². The van der Waals surface area contributed by atoms with Crippen molar-refractivity contribution in [2.75, 3.05) is 13.1 Å². The maximum absolute atomic E-state index is 12.0. The van der Waals surface area contributed by atoms with Crippen LogP contribution in [-0.4, -0.2) is 30.2 Å². The van der Waals surface area contributed by atoms with Gasteiger partial charge in [-0.25, -0.2) is 0 Å². The summed E-state index contributed by atoms with van der Waals surface area (Å²) in [6, 6.07) is 0. The fraction of sp³-hybridized carbons (Fsp3) is 0.846. The lowest BCUT2D eigenvalue weighted by Gasteiger charge is -2.31. The Morgan fingerprint density at radius 2 is 1.81 bits per heavy atom. The highest BCUT2D eigenvalue weighted by molar-refractivity contribution is 5.79. The minimum Gasteiger partial charge on any atom is -0.343 e. The number of carbonyl (C=O) groups is 2. The molecule has 0 unspecified atom stereocenters. The summed E-state index contributed by atoms with van der Waals surface area (Å²) in [5.41, 5.74) is -0.118. The van der Waals surface area contributed by atoms with Crippen LogP contribution < -0.4 is 0 Å². The Morgan fingerprint density at radius 1 is 1.25 bits per heavy atom. The molecule has 0 radical (unpaired) electrons. The highest BCUT2D eigenvalue weighted by Crippen LogP contribution is 2.27. The lowest BCUT2D eigenvalue weighted by Crippen LogP contribution is -2.38. The Kier molecular flexibility index (Phi) is 4.51. The molecule has 92 valence electrons. The van der Waals surface area contributed by atoms with Gasteiger partial charge in [-0.1, -0.05) is 20.8 Å². The van der Waals surface area contributed by atoms with E-state index in [1.165, 1.54) is 6.42 Å². The summed E-state index contributed by atoms with van der Waals surface area (Å²) in [6.07, 6.45) is 4.73. The fourth-order valence-electron chi connectivity index (χ4n) is 2.02. The average Bonchev–Trinajstić information content (AvgIpc) is 2.25. The highest BCUT2D eigenvalue weighted by atomic mass is 16.2. The van der Waals surface area contributed by atoms with E-state index >= 15 is 0 Å². The molecule has 3 nitrogen and oxygen atoms in total. The molecule has 3 heteroatoms. The molecule has 0 N–H and O–H groups in total. The highest BCUT2D eigenvalue weighted by Gasteiger charge is 2.28. The van der Waals surface area contributed by atoms with Crippen LogP contribution in [0.5, 0.6) is 0 Å². The monoisotopic (exact) mass is 225 g/mol. The summed E-state index contributed by atoms with van der Waals surface area (Å²) in [7, 11) is 0. The van der Waals surface area contributed by atoms with E-state index in [0.717, 1.165) is 32.2 Å². The topological polar surface area (TPSA) is 37.4 Å². The molecule has 1 aliphatic rings. The standard InChI is InChI=1S/C13H23NO2/c1-13(2,3)11(10-15)9-12(16)14-7-5-4-6-8-14/h10-11H,4-9H2,1-3H3/t11-/m1/s1. The van der Waals surface area contributed by atoms with Crippen molar-refractivity contribution < 1.29 is 9.59 Å². The SMILES string of the molecule is CC(C)(C)[C@@H](C=O)CC(=O)N1CCCCC1. The van der Waals surface area contributed by atoms with Gasteiger partial charge in [0.25, 0.3) is 0 Å². The molecule has 1 amide bonds.